The molecule has 0 unspecified atom stereocenters. The van der Waals surface area contributed by atoms with Crippen LogP contribution in [-0.2, 0) is 6.54 Å². The highest BCUT2D eigenvalue weighted by Crippen LogP contribution is 2.27. The summed E-state index contributed by atoms with van der Waals surface area (Å²) in [4.78, 5) is 0. The molecule has 88 valence electrons. The molecular formula is C13H18BrNO. The summed E-state index contributed by atoms with van der Waals surface area (Å²) in [7, 11) is 0. The molecule has 1 rings (SSSR count). The first-order valence-corrected chi connectivity index (χ1v) is 6.09. The van der Waals surface area contributed by atoms with Crippen LogP contribution in [-0.4, -0.2) is 6.61 Å². The van der Waals surface area contributed by atoms with Gasteiger partial charge in [-0.3, -0.25) is 0 Å². The number of allylic oxidation sites excluding steroid dienone is 1. The minimum absolute atomic E-state index is 0.491. The van der Waals surface area contributed by atoms with Gasteiger partial charge in [-0.25, -0.2) is 0 Å². The van der Waals surface area contributed by atoms with Crippen LogP contribution in [0.2, 0.25) is 0 Å². The summed E-state index contributed by atoms with van der Waals surface area (Å²) in [6, 6.07) is 4.04. The summed E-state index contributed by atoms with van der Waals surface area (Å²) in [5.74, 6) is 0.906. The zero-order valence-electron chi connectivity index (χ0n) is 10.0. The van der Waals surface area contributed by atoms with E-state index in [0.717, 1.165) is 21.3 Å². The molecule has 1 aromatic rings. The second kappa shape index (κ2) is 6.06. The van der Waals surface area contributed by atoms with Crippen molar-refractivity contribution in [1.29, 1.82) is 0 Å². The third-order valence-electron chi connectivity index (χ3n) is 2.26. The van der Waals surface area contributed by atoms with Gasteiger partial charge in [-0.1, -0.05) is 21.5 Å². The van der Waals surface area contributed by atoms with E-state index in [-0.39, 0.29) is 0 Å². The van der Waals surface area contributed by atoms with Crippen molar-refractivity contribution in [2.75, 3.05) is 6.61 Å². The van der Waals surface area contributed by atoms with Gasteiger partial charge in [0.05, 0.1) is 0 Å². The maximum absolute atomic E-state index is 5.75. The molecule has 0 aliphatic carbocycles. The summed E-state index contributed by atoms with van der Waals surface area (Å²) in [5, 5.41) is 0. The molecule has 0 atom stereocenters. The largest absolute Gasteiger partial charge is 0.489 e. The van der Waals surface area contributed by atoms with Crippen LogP contribution in [0.15, 0.2) is 28.3 Å². The fraction of sp³-hybridized carbons (Fsp3) is 0.385. The average molecular weight is 284 g/mol. The first kappa shape index (κ1) is 13.3. The molecule has 2 nitrogen and oxygen atoms in total. The smallest absolute Gasteiger partial charge is 0.127 e. The maximum Gasteiger partial charge on any atom is 0.127 e. The Morgan fingerprint density at radius 1 is 1.44 bits per heavy atom. The van der Waals surface area contributed by atoms with Crippen molar-refractivity contribution in [2.24, 2.45) is 5.73 Å². The van der Waals surface area contributed by atoms with Gasteiger partial charge in [0, 0.05) is 16.6 Å². The Hall–Kier alpha value is -0.800. The lowest BCUT2D eigenvalue weighted by molar-refractivity contribution is 0.355. The van der Waals surface area contributed by atoms with E-state index in [1.54, 1.807) is 0 Å². The molecule has 0 spiro atoms. The van der Waals surface area contributed by atoms with Crippen LogP contribution < -0.4 is 10.5 Å². The van der Waals surface area contributed by atoms with Gasteiger partial charge in [0.2, 0.25) is 0 Å². The molecule has 0 radical (unpaired) electrons. The molecule has 0 aliphatic rings. The minimum atomic E-state index is 0.491. The predicted molar refractivity (Wildman–Crippen MR) is 71.7 cm³/mol. The lowest BCUT2D eigenvalue weighted by Crippen LogP contribution is -2.04. The summed E-state index contributed by atoms with van der Waals surface area (Å²) >= 11 is 3.46. The van der Waals surface area contributed by atoms with E-state index in [0.29, 0.717) is 13.2 Å². The fourth-order valence-electron chi connectivity index (χ4n) is 1.45. The third-order valence-corrected chi connectivity index (χ3v) is 2.71. The topological polar surface area (TPSA) is 35.2 Å². The number of rotatable bonds is 4. The first-order chi connectivity index (χ1) is 7.54. The molecule has 1 aromatic carbocycles. The van der Waals surface area contributed by atoms with E-state index in [9.17, 15) is 0 Å². The molecule has 0 amide bonds. The number of benzene rings is 1. The summed E-state index contributed by atoms with van der Waals surface area (Å²) in [6.45, 7) is 7.23. The second-order valence-corrected chi connectivity index (χ2v) is 4.92. The van der Waals surface area contributed by atoms with Crippen molar-refractivity contribution in [3.8, 4) is 5.75 Å². The summed E-state index contributed by atoms with van der Waals surface area (Å²) in [5.41, 5.74) is 9.10. The molecule has 16 heavy (non-hydrogen) atoms. The van der Waals surface area contributed by atoms with Gasteiger partial charge in [-0.05, 0) is 44.5 Å². The Bertz CT molecular complexity index is 395. The van der Waals surface area contributed by atoms with Crippen LogP contribution >= 0.6 is 15.9 Å². The number of aryl methyl sites for hydroxylation is 1. The summed E-state index contributed by atoms with van der Waals surface area (Å²) in [6.07, 6.45) is 2.06. The Balaban J connectivity index is 2.90. The van der Waals surface area contributed by atoms with Crippen LogP contribution in [0.5, 0.6) is 5.75 Å². The van der Waals surface area contributed by atoms with Crippen LogP contribution in [0.4, 0.5) is 0 Å². The molecule has 2 N–H and O–H groups in total. The molecule has 0 saturated heterocycles. The quantitative estimate of drug-likeness (QED) is 0.858. The number of nitrogens with two attached hydrogens (primary N) is 1. The zero-order chi connectivity index (χ0) is 12.1. The molecule has 0 aromatic heterocycles. The van der Waals surface area contributed by atoms with Gasteiger partial charge in [0.25, 0.3) is 0 Å². The van der Waals surface area contributed by atoms with Crippen molar-refractivity contribution in [3.63, 3.8) is 0 Å². The van der Waals surface area contributed by atoms with Gasteiger partial charge in [-0.15, -0.1) is 0 Å². The van der Waals surface area contributed by atoms with Gasteiger partial charge in [-0.2, -0.15) is 0 Å². The fourth-order valence-corrected chi connectivity index (χ4v) is 2.07. The van der Waals surface area contributed by atoms with Crippen LogP contribution in [0.1, 0.15) is 25.0 Å². The Labute approximate surface area is 106 Å². The van der Waals surface area contributed by atoms with E-state index in [2.05, 4.69) is 35.9 Å². The molecule has 3 heteroatoms. The lowest BCUT2D eigenvalue weighted by atomic mass is 10.1. The number of halogens is 1. The van der Waals surface area contributed by atoms with Crippen molar-refractivity contribution in [1.82, 2.24) is 0 Å². The van der Waals surface area contributed by atoms with Crippen molar-refractivity contribution >= 4 is 15.9 Å². The second-order valence-electron chi connectivity index (χ2n) is 4.01. The monoisotopic (exact) mass is 283 g/mol. The molecule has 0 saturated carbocycles. The number of hydrogen-bond acceptors (Lipinski definition) is 2. The lowest BCUT2D eigenvalue weighted by Gasteiger charge is -2.12. The third kappa shape index (κ3) is 3.65. The van der Waals surface area contributed by atoms with Gasteiger partial charge < -0.3 is 10.5 Å². The first-order valence-electron chi connectivity index (χ1n) is 5.30. The van der Waals surface area contributed by atoms with Gasteiger partial charge >= 0.3 is 0 Å². The molecule has 0 fully saturated rings. The van der Waals surface area contributed by atoms with Crippen molar-refractivity contribution in [2.45, 2.75) is 27.3 Å². The van der Waals surface area contributed by atoms with E-state index < -0.39 is 0 Å². The maximum atomic E-state index is 5.75. The Morgan fingerprint density at radius 3 is 2.69 bits per heavy atom. The van der Waals surface area contributed by atoms with Gasteiger partial charge in [0.15, 0.2) is 0 Å². The van der Waals surface area contributed by atoms with Crippen molar-refractivity contribution in [3.05, 3.63) is 39.4 Å². The average Bonchev–Trinajstić information content (AvgIpc) is 2.20. The number of hydrogen-bond donors (Lipinski definition) is 1. The molecule has 0 heterocycles. The van der Waals surface area contributed by atoms with E-state index in [1.165, 1.54) is 5.57 Å². The Morgan fingerprint density at radius 2 is 2.12 bits per heavy atom. The predicted octanol–water partition coefficient (Wildman–Crippen LogP) is 3.56. The highest BCUT2D eigenvalue weighted by molar-refractivity contribution is 9.10. The van der Waals surface area contributed by atoms with Crippen molar-refractivity contribution < 1.29 is 4.74 Å². The molecule has 0 bridgehead atoms. The van der Waals surface area contributed by atoms with E-state index in [1.807, 2.05) is 19.1 Å². The van der Waals surface area contributed by atoms with Gasteiger partial charge in [0.1, 0.15) is 12.4 Å². The molecular weight excluding hydrogens is 266 g/mol. The standard InChI is InChI=1S/C13H18BrNO/c1-9(2)4-5-16-13-10(3)6-12(14)7-11(13)8-15/h4,6-7H,5,8,15H2,1-3H3. The van der Waals surface area contributed by atoms with Crippen LogP contribution in [0.3, 0.4) is 0 Å². The molecule has 0 aliphatic heterocycles. The number of ether oxygens (including phenoxy) is 1. The highest BCUT2D eigenvalue weighted by atomic mass is 79.9. The normalized spacial score (nSPS) is 10.1. The van der Waals surface area contributed by atoms with E-state index in [4.69, 9.17) is 10.5 Å². The minimum Gasteiger partial charge on any atom is -0.489 e. The zero-order valence-corrected chi connectivity index (χ0v) is 11.6. The van der Waals surface area contributed by atoms with Crippen LogP contribution in [0, 0.1) is 6.92 Å². The SMILES string of the molecule is CC(C)=CCOc1c(C)cc(Br)cc1CN. The summed E-state index contributed by atoms with van der Waals surface area (Å²) < 4.78 is 6.79. The highest BCUT2D eigenvalue weighted by Gasteiger charge is 2.07. The Kier molecular flexibility index (Phi) is 5.03. The van der Waals surface area contributed by atoms with Crippen LogP contribution in [0.25, 0.3) is 0 Å². The van der Waals surface area contributed by atoms with E-state index >= 15 is 0 Å².